The summed E-state index contributed by atoms with van der Waals surface area (Å²) in [5, 5.41) is 3.76. The van der Waals surface area contributed by atoms with E-state index in [2.05, 4.69) is 10.1 Å². The maximum atomic E-state index is 13.3. The van der Waals surface area contributed by atoms with Gasteiger partial charge in [0.1, 0.15) is 11.6 Å². The molecule has 0 aliphatic heterocycles. The number of hydrogen-bond acceptors (Lipinski definition) is 5. The molecule has 0 atom stereocenters. The summed E-state index contributed by atoms with van der Waals surface area (Å²) >= 11 is 0. The second-order valence-corrected chi connectivity index (χ2v) is 5.81. The maximum Gasteiger partial charge on any atom is 0.257 e. The Morgan fingerprint density at radius 1 is 1.23 bits per heavy atom. The highest BCUT2D eigenvalue weighted by Gasteiger charge is 2.17. The van der Waals surface area contributed by atoms with Crippen LogP contribution in [0.1, 0.15) is 27.6 Å². The smallest absolute Gasteiger partial charge is 0.257 e. The molecular weight excluding hydrogens is 337 g/mol. The van der Waals surface area contributed by atoms with Gasteiger partial charge in [0.15, 0.2) is 6.61 Å². The Bertz CT molecular complexity index is 910. The molecule has 134 valence electrons. The fourth-order valence-corrected chi connectivity index (χ4v) is 2.50. The van der Waals surface area contributed by atoms with Crippen LogP contribution in [0.5, 0.6) is 5.75 Å². The van der Waals surface area contributed by atoms with Gasteiger partial charge in [-0.2, -0.15) is 4.98 Å². The van der Waals surface area contributed by atoms with Gasteiger partial charge < -0.3 is 14.2 Å². The van der Waals surface area contributed by atoms with Crippen molar-refractivity contribution in [2.45, 2.75) is 20.1 Å². The number of ether oxygens (including phenoxy) is 1. The van der Waals surface area contributed by atoms with Crippen molar-refractivity contribution in [1.82, 2.24) is 15.0 Å². The third-order valence-corrected chi connectivity index (χ3v) is 3.70. The highest BCUT2D eigenvalue weighted by atomic mass is 19.1. The summed E-state index contributed by atoms with van der Waals surface area (Å²) in [6, 6.07) is 13.1. The van der Waals surface area contributed by atoms with Crippen molar-refractivity contribution in [1.29, 1.82) is 0 Å². The summed E-state index contributed by atoms with van der Waals surface area (Å²) in [6.07, 6.45) is 0. The monoisotopic (exact) mass is 355 g/mol. The van der Waals surface area contributed by atoms with E-state index in [1.165, 1.54) is 17.0 Å². The Hall–Kier alpha value is -3.22. The Kier molecular flexibility index (Phi) is 5.26. The predicted octanol–water partition coefficient (Wildman–Crippen LogP) is 3.37. The number of hydrogen-bond donors (Lipinski definition) is 0. The van der Waals surface area contributed by atoms with Crippen LogP contribution in [0.25, 0.3) is 0 Å². The van der Waals surface area contributed by atoms with E-state index in [0.29, 0.717) is 28.6 Å². The number of rotatable bonds is 6. The summed E-state index contributed by atoms with van der Waals surface area (Å²) in [7, 11) is 1.66. The summed E-state index contributed by atoms with van der Waals surface area (Å²) in [4.78, 5) is 18.3. The van der Waals surface area contributed by atoms with Gasteiger partial charge in [-0.15, -0.1) is 0 Å². The van der Waals surface area contributed by atoms with Crippen LogP contribution in [-0.4, -0.2) is 28.0 Å². The summed E-state index contributed by atoms with van der Waals surface area (Å²) in [5.74, 6) is 0.711. The molecule has 3 aromatic rings. The number of carbonyl (C=O) groups is 1. The summed E-state index contributed by atoms with van der Waals surface area (Å²) in [6.45, 7) is 2.07. The molecule has 0 saturated heterocycles. The zero-order chi connectivity index (χ0) is 18.5. The molecular formula is C19H18FN3O3. The first-order valence-corrected chi connectivity index (χ1v) is 8.04. The van der Waals surface area contributed by atoms with Crippen LogP contribution < -0.4 is 4.74 Å². The fourth-order valence-electron chi connectivity index (χ4n) is 2.50. The Balaban J connectivity index is 1.72. The van der Waals surface area contributed by atoms with Crippen LogP contribution in [0, 0.1) is 12.7 Å². The van der Waals surface area contributed by atoms with E-state index in [9.17, 15) is 9.18 Å². The molecule has 0 aliphatic rings. The molecule has 2 aromatic carbocycles. The molecule has 0 spiro atoms. The molecule has 0 unspecified atom stereocenters. The largest absolute Gasteiger partial charge is 0.485 e. The average Bonchev–Trinajstić information content (AvgIpc) is 3.05. The van der Waals surface area contributed by atoms with Crippen molar-refractivity contribution in [2.24, 2.45) is 0 Å². The van der Waals surface area contributed by atoms with E-state index in [1.54, 1.807) is 50.4 Å². The van der Waals surface area contributed by atoms with Crippen LogP contribution in [0.15, 0.2) is 53.1 Å². The molecule has 26 heavy (non-hydrogen) atoms. The molecule has 0 radical (unpaired) electrons. The van der Waals surface area contributed by atoms with Crippen LogP contribution >= 0.6 is 0 Å². The molecule has 0 saturated carbocycles. The van der Waals surface area contributed by atoms with Gasteiger partial charge in [0.05, 0.1) is 5.56 Å². The standard InChI is InChI=1S/C19H18FN3O3/c1-13-21-18(22-26-13)12-25-17-9-4-3-8-16(17)19(24)23(2)11-14-6-5-7-15(20)10-14/h3-10H,11-12H2,1-2H3. The van der Waals surface area contributed by atoms with E-state index in [-0.39, 0.29) is 24.9 Å². The Morgan fingerprint density at radius 2 is 2.04 bits per heavy atom. The van der Waals surface area contributed by atoms with Crippen LogP contribution in [0.3, 0.4) is 0 Å². The first-order chi connectivity index (χ1) is 12.5. The first kappa shape index (κ1) is 17.6. The van der Waals surface area contributed by atoms with Crippen molar-refractivity contribution in [3.8, 4) is 5.75 Å². The minimum Gasteiger partial charge on any atom is -0.485 e. The van der Waals surface area contributed by atoms with Crippen LogP contribution in [0.4, 0.5) is 4.39 Å². The van der Waals surface area contributed by atoms with E-state index in [1.807, 2.05) is 0 Å². The van der Waals surface area contributed by atoms with Crippen LogP contribution in [0.2, 0.25) is 0 Å². The molecule has 0 N–H and O–H groups in total. The number of carbonyl (C=O) groups excluding carboxylic acids is 1. The van der Waals surface area contributed by atoms with E-state index in [0.717, 1.165) is 0 Å². The third kappa shape index (κ3) is 4.24. The fraction of sp³-hybridized carbons (Fsp3) is 0.211. The molecule has 1 aromatic heterocycles. The van der Waals surface area contributed by atoms with E-state index < -0.39 is 0 Å². The lowest BCUT2D eigenvalue weighted by molar-refractivity contribution is 0.0780. The van der Waals surface area contributed by atoms with E-state index >= 15 is 0 Å². The zero-order valence-electron chi connectivity index (χ0n) is 14.5. The molecule has 1 amide bonds. The second-order valence-electron chi connectivity index (χ2n) is 5.81. The van der Waals surface area contributed by atoms with Gasteiger partial charge in [-0.1, -0.05) is 29.4 Å². The van der Waals surface area contributed by atoms with Crippen LogP contribution in [-0.2, 0) is 13.2 Å². The number of nitrogens with zero attached hydrogens (tertiary/aromatic N) is 3. The topological polar surface area (TPSA) is 68.5 Å². The lowest BCUT2D eigenvalue weighted by atomic mass is 10.1. The van der Waals surface area contributed by atoms with Gasteiger partial charge in [-0.05, 0) is 29.8 Å². The molecule has 1 heterocycles. The van der Waals surface area contributed by atoms with Gasteiger partial charge in [0.2, 0.25) is 11.7 Å². The van der Waals surface area contributed by atoms with E-state index in [4.69, 9.17) is 9.26 Å². The van der Waals surface area contributed by atoms with Crippen molar-refractivity contribution >= 4 is 5.91 Å². The minimum atomic E-state index is -0.331. The Morgan fingerprint density at radius 3 is 2.77 bits per heavy atom. The molecule has 3 rings (SSSR count). The molecule has 7 heteroatoms. The quantitative estimate of drug-likeness (QED) is 0.678. The SMILES string of the molecule is Cc1nc(COc2ccccc2C(=O)N(C)Cc2cccc(F)c2)no1. The number of benzene rings is 2. The maximum absolute atomic E-state index is 13.3. The predicted molar refractivity (Wildman–Crippen MR) is 92.0 cm³/mol. The lowest BCUT2D eigenvalue weighted by Gasteiger charge is -2.19. The molecule has 0 aliphatic carbocycles. The number of amides is 1. The second kappa shape index (κ2) is 7.77. The van der Waals surface area contributed by atoms with Crippen molar-refractivity contribution in [3.05, 3.63) is 77.2 Å². The van der Waals surface area contributed by atoms with Crippen molar-refractivity contribution < 1.29 is 18.4 Å². The highest BCUT2D eigenvalue weighted by molar-refractivity contribution is 5.96. The number of para-hydroxylation sites is 1. The lowest BCUT2D eigenvalue weighted by Crippen LogP contribution is -2.26. The first-order valence-electron chi connectivity index (χ1n) is 8.04. The van der Waals surface area contributed by atoms with Gasteiger partial charge in [0, 0.05) is 20.5 Å². The molecule has 0 bridgehead atoms. The summed E-state index contributed by atoms with van der Waals surface area (Å²) in [5.41, 5.74) is 1.12. The normalized spacial score (nSPS) is 10.6. The van der Waals surface area contributed by atoms with Gasteiger partial charge in [-0.3, -0.25) is 4.79 Å². The van der Waals surface area contributed by atoms with Gasteiger partial charge in [0.25, 0.3) is 5.91 Å². The van der Waals surface area contributed by atoms with Gasteiger partial charge >= 0.3 is 0 Å². The zero-order valence-corrected chi connectivity index (χ0v) is 14.5. The summed E-state index contributed by atoms with van der Waals surface area (Å²) < 4.78 is 23.9. The molecule has 6 nitrogen and oxygen atoms in total. The average molecular weight is 355 g/mol. The third-order valence-electron chi connectivity index (χ3n) is 3.70. The van der Waals surface area contributed by atoms with Gasteiger partial charge in [-0.25, -0.2) is 4.39 Å². The number of aryl methyl sites for hydroxylation is 1. The Labute approximate surface area is 150 Å². The number of halogens is 1. The minimum absolute atomic E-state index is 0.0925. The van der Waals surface area contributed by atoms with Crippen molar-refractivity contribution in [2.75, 3.05) is 7.05 Å². The highest BCUT2D eigenvalue weighted by Crippen LogP contribution is 2.21. The number of aromatic nitrogens is 2. The van der Waals surface area contributed by atoms with Crippen molar-refractivity contribution in [3.63, 3.8) is 0 Å². The molecule has 0 fully saturated rings.